The fourth-order valence-corrected chi connectivity index (χ4v) is 12.3. The summed E-state index contributed by atoms with van der Waals surface area (Å²) in [6, 6.07) is -0.627. The maximum Gasteiger partial charge on any atom is 0.305 e. The van der Waals surface area contributed by atoms with Gasteiger partial charge in [0.25, 0.3) is 0 Å². The first-order valence-electron chi connectivity index (χ1n) is 38.6. The van der Waals surface area contributed by atoms with Gasteiger partial charge in [-0.15, -0.1) is 0 Å². The lowest BCUT2D eigenvalue weighted by Gasteiger charge is -2.20. The van der Waals surface area contributed by atoms with Gasteiger partial charge in [-0.2, -0.15) is 0 Å². The summed E-state index contributed by atoms with van der Waals surface area (Å²) < 4.78 is 5.52. The Bertz CT molecular complexity index is 1320. The van der Waals surface area contributed by atoms with Gasteiger partial charge in [-0.25, -0.2) is 0 Å². The second kappa shape index (κ2) is 73.8. The topological polar surface area (TPSA) is 95.9 Å². The molecule has 1 amide bonds. The molecule has 0 rings (SSSR count). The molecule has 0 fully saturated rings. The van der Waals surface area contributed by atoms with E-state index in [9.17, 15) is 19.8 Å². The molecule has 0 aromatic carbocycles. The summed E-state index contributed by atoms with van der Waals surface area (Å²) in [5, 5.41) is 23.2. The molecule has 0 aliphatic carbocycles. The molecule has 2 unspecified atom stereocenters. The third-order valence-electron chi connectivity index (χ3n) is 18.2. The molecule has 0 aliphatic heterocycles. The number of allylic oxidation sites excluding steroid dienone is 3. The van der Waals surface area contributed by atoms with Crippen molar-refractivity contribution in [1.29, 1.82) is 0 Å². The molecule has 0 aliphatic rings. The van der Waals surface area contributed by atoms with E-state index >= 15 is 0 Å². The summed E-state index contributed by atoms with van der Waals surface area (Å²) in [4.78, 5) is 24.6. The van der Waals surface area contributed by atoms with Gasteiger partial charge in [0.2, 0.25) is 5.91 Å². The van der Waals surface area contributed by atoms with Gasteiger partial charge in [0, 0.05) is 12.8 Å². The Hall–Kier alpha value is -1.66. The van der Waals surface area contributed by atoms with Crippen LogP contribution in [0.25, 0.3) is 0 Å². The standard InChI is InChI=1S/C78H151NO5/c1-3-5-7-9-11-13-15-17-19-21-35-38-42-46-50-54-58-62-66-70-76(81)75(74-80)79-77(82)71-67-63-59-55-51-47-43-39-36-33-31-29-27-25-23-24-26-28-30-32-34-37-41-45-49-53-57-61-65-69-73-84-78(83)72-68-64-60-56-52-48-44-40-22-20-18-16-14-12-10-8-6-4-2/h24,26,66,70,75-76,80-81H,3-23,25,27-65,67-69,71-74H2,1-2H3,(H,79,82)/b26-24-,70-66+. The van der Waals surface area contributed by atoms with Crippen LogP contribution in [-0.2, 0) is 14.3 Å². The second-order valence-electron chi connectivity index (χ2n) is 26.7. The molecule has 0 radical (unpaired) electrons. The van der Waals surface area contributed by atoms with E-state index in [1.165, 1.54) is 372 Å². The Morgan fingerprint density at radius 2 is 0.560 bits per heavy atom. The largest absolute Gasteiger partial charge is 0.466 e. The fourth-order valence-electron chi connectivity index (χ4n) is 12.3. The van der Waals surface area contributed by atoms with Crippen LogP contribution in [0.1, 0.15) is 438 Å². The van der Waals surface area contributed by atoms with Gasteiger partial charge in [-0.1, -0.05) is 391 Å². The normalized spacial score (nSPS) is 12.6. The molecule has 0 bridgehead atoms. The Morgan fingerprint density at radius 3 is 0.845 bits per heavy atom. The smallest absolute Gasteiger partial charge is 0.305 e. The van der Waals surface area contributed by atoms with Gasteiger partial charge in [0.15, 0.2) is 0 Å². The molecule has 0 spiro atoms. The molecule has 0 heterocycles. The van der Waals surface area contributed by atoms with E-state index in [1.807, 2.05) is 6.08 Å². The Kier molecular flexibility index (Phi) is 72.3. The van der Waals surface area contributed by atoms with Crippen molar-refractivity contribution >= 4 is 11.9 Å². The van der Waals surface area contributed by atoms with Crippen LogP contribution in [0.5, 0.6) is 0 Å². The number of rotatable bonds is 73. The minimum absolute atomic E-state index is 0.0222. The number of ether oxygens (including phenoxy) is 1. The van der Waals surface area contributed by atoms with Crippen molar-refractivity contribution in [3.63, 3.8) is 0 Å². The fraction of sp³-hybridized carbons (Fsp3) is 0.923. The van der Waals surface area contributed by atoms with Crippen molar-refractivity contribution in [2.24, 2.45) is 0 Å². The summed E-state index contributed by atoms with van der Waals surface area (Å²) >= 11 is 0. The maximum absolute atomic E-state index is 12.5. The molecule has 6 heteroatoms. The zero-order valence-corrected chi connectivity index (χ0v) is 57.2. The van der Waals surface area contributed by atoms with E-state index in [-0.39, 0.29) is 18.5 Å². The Balaban J connectivity index is 3.37. The molecule has 0 aromatic rings. The van der Waals surface area contributed by atoms with Crippen LogP contribution in [-0.4, -0.2) is 47.4 Å². The number of esters is 1. The third-order valence-corrected chi connectivity index (χ3v) is 18.2. The zero-order valence-electron chi connectivity index (χ0n) is 57.2. The predicted octanol–water partition coefficient (Wildman–Crippen LogP) is 25.3. The first kappa shape index (κ1) is 82.3. The number of aliphatic hydroxyl groups excluding tert-OH is 2. The average Bonchev–Trinajstić information content (AvgIpc) is 3.53. The number of nitrogens with one attached hydrogen (secondary N) is 1. The highest BCUT2D eigenvalue weighted by atomic mass is 16.5. The van der Waals surface area contributed by atoms with E-state index in [2.05, 4.69) is 31.3 Å². The van der Waals surface area contributed by atoms with E-state index in [1.54, 1.807) is 6.08 Å². The van der Waals surface area contributed by atoms with E-state index in [4.69, 9.17) is 4.74 Å². The van der Waals surface area contributed by atoms with Crippen molar-refractivity contribution in [1.82, 2.24) is 5.32 Å². The van der Waals surface area contributed by atoms with Crippen molar-refractivity contribution in [3.8, 4) is 0 Å². The number of aliphatic hydroxyl groups is 2. The van der Waals surface area contributed by atoms with E-state index < -0.39 is 12.1 Å². The van der Waals surface area contributed by atoms with Crippen LogP contribution in [0.4, 0.5) is 0 Å². The highest BCUT2D eigenvalue weighted by Gasteiger charge is 2.18. The molecule has 6 nitrogen and oxygen atoms in total. The van der Waals surface area contributed by atoms with Crippen molar-refractivity contribution in [2.45, 2.75) is 450 Å². The minimum Gasteiger partial charge on any atom is -0.466 e. The van der Waals surface area contributed by atoms with Gasteiger partial charge >= 0.3 is 5.97 Å². The molecule has 2 atom stereocenters. The van der Waals surface area contributed by atoms with Crippen molar-refractivity contribution < 1.29 is 24.5 Å². The summed E-state index contributed by atoms with van der Waals surface area (Å²) in [6.45, 7) is 4.96. The average molecular weight is 1180 g/mol. The number of hydrogen-bond donors (Lipinski definition) is 3. The van der Waals surface area contributed by atoms with E-state index in [0.29, 0.717) is 19.4 Å². The molecular formula is C78H151NO5. The van der Waals surface area contributed by atoms with Crippen molar-refractivity contribution in [2.75, 3.05) is 13.2 Å². The highest BCUT2D eigenvalue weighted by molar-refractivity contribution is 5.76. The highest BCUT2D eigenvalue weighted by Crippen LogP contribution is 2.19. The van der Waals surface area contributed by atoms with Gasteiger partial charge in [-0.05, 0) is 57.8 Å². The monoisotopic (exact) mass is 1180 g/mol. The van der Waals surface area contributed by atoms with Crippen LogP contribution >= 0.6 is 0 Å². The quantitative estimate of drug-likeness (QED) is 0.0320. The molecule has 498 valence electrons. The summed E-state index contributed by atoms with van der Waals surface area (Å²) in [7, 11) is 0. The molecule has 3 N–H and O–H groups in total. The lowest BCUT2D eigenvalue weighted by Crippen LogP contribution is -2.45. The van der Waals surface area contributed by atoms with Crippen LogP contribution in [0.3, 0.4) is 0 Å². The van der Waals surface area contributed by atoms with Gasteiger partial charge in [0.1, 0.15) is 0 Å². The number of carbonyl (C=O) groups is 2. The predicted molar refractivity (Wildman–Crippen MR) is 370 cm³/mol. The molecule has 0 aromatic heterocycles. The Morgan fingerprint density at radius 1 is 0.321 bits per heavy atom. The van der Waals surface area contributed by atoms with Crippen molar-refractivity contribution in [3.05, 3.63) is 24.3 Å². The van der Waals surface area contributed by atoms with Crippen LogP contribution < -0.4 is 5.32 Å². The molecular weight excluding hydrogens is 1030 g/mol. The van der Waals surface area contributed by atoms with Gasteiger partial charge in [-0.3, -0.25) is 9.59 Å². The lowest BCUT2D eigenvalue weighted by molar-refractivity contribution is -0.143. The summed E-state index contributed by atoms with van der Waals surface area (Å²) in [5.74, 6) is -0.0401. The molecule has 0 saturated carbocycles. The minimum atomic E-state index is -0.844. The third kappa shape index (κ3) is 69.4. The first-order valence-corrected chi connectivity index (χ1v) is 38.6. The van der Waals surface area contributed by atoms with Gasteiger partial charge < -0.3 is 20.3 Å². The zero-order chi connectivity index (χ0) is 60.6. The number of amides is 1. The molecule has 0 saturated heterocycles. The Labute approximate surface area is 526 Å². The summed E-state index contributed by atoms with van der Waals surface area (Å²) in [6.07, 6.45) is 94.3. The van der Waals surface area contributed by atoms with Crippen LogP contribution in [0.15, 0.2) is 24.3 Å². The summed E-state index contributed by atoms with van der Waals surface area (Å²) in [5.41, 5.74) is 0. The number of hydrogen-bond acceptors (Lipinski definition) is 5. The lowest BCUT2D eigenvalue weighted by atomic mass is 10.0. The SMILES string of the molecule is CCCCCCCCCCCCCCCCCCC/C=C/C(O)C(CO)NC(=O)CCCCCCCCCCCCCCCC/C=C\CCCCCCCCCCCCCCOC(=O)CCCCCCCCCCCCCCCCCCCC. The van der Waals surface area contributed by atoms with Gasteiger partial charge in [0.05, 0.1) is 25.4 Å². The van der Waals surface area contributed by atoms with Crippen LogP contribution in [0.2, 0.25) is 0 Å². The number of carbonyl (C=O) groups excluding carboxylic acids is 2. The second-order valence-corrected chi connectivity index (χ2v) is 26.7. The molecule has 84 heavy (non-hydrogen) atoms. The number of unbranched alkanes of at least 4 members (excludes halogenated alkanes) is 60. The first-order chi connectivity index (χ1) is 41.5. The van der Waals surface area contributed by atoms with Crippen LogP contribution in [0, 0.1) is 0 Å². The maximum atomic E-state index is 12.5. The van der Waals surface area contributed by atoms with E-state index in [0.717, 1.165) is 38.5 Å².